The Labute approximate surface area is 253 Å². The van der Waals surface area contributed by atoms with Gasteiger partial charge in [-0.2, -0.15) is 13.2 Å². The number of nitrogens with one attached hydrogen (secondary N) is 1. The second-order valence-corrected chi connectivity index (χ2v) is 12.3. The van der Waals surface area contributed by atoms with Crippen LogP contribution in [0, 0.1) is 5.92 Å². The predicted octanol–water partition coefficient (Wildman–Crippen LogP) is 6.77. The zero-order valence-electron chi connectivity index (χ0n) is 26.1. The minimum Gasteiger partial charge on any atom is -0.475 e. The van der Waals surface area contributed by atoms with Gasteiger partial charge in [-0.05, 0) is 85.9 Å². The monoisotopic (exact) mass is 605 g/mol. The highest BCUT2D eigenvalue weighted by molar-refractivity contribution is 6.04. The van der Waals surface area contributed by atoms with Crippen molar-refractivity contribution in [2.75, 3.05) is 31.5 Å². The highest BCUT2D eigenvalue weighted by atomic mass is 19.4. The number of carboxylic acid groups (broad SMARTS) is 1. The summed E-state index contributed by atoms with van der Waals surface area (Å²) in [5.74, 6) is -2.00. The molecule has 0 aromatic heterocycles. The first kappa shape index (κ1) is 35.8. The van der Waals surface area contributed by atoms with Crippen molar-refractivity contribution < 1.29 is 32.7 Å². The van der Waals surface area contributed by atoms with Gasteiger partial charge >= 0.3 is 12.1 Å². The third-order valence-corrected chi connectivity index (χ3v) is 7.66. The van der Waals surface area contributed by atoms with Crippen LogP contribution in [-0.2, 0) is 21.4 Å². The number of hydrogen-bond donors (Lipinski definition) is 2. The summed E-state index contributed by atoms with van der Waals surface area (Å²) in [7, 11) is 0. The number of benzene rings is 2. The maximum atomic E-state index is 12.8. The third-order valence-electron chi connectivity index (χ3n) is 7.66. The number of likely N-dealkylation sites (tertiary alicyclic amines) is 1. The van der Waals surface area contributed by atoms with E-state index in [1.54, 1.807) is 6.92 Å². The van der Waals surface area contributed by atoms with Gasteiger partial charge in [-0.3, -0.25) is 9.59 Å². The number of piperidine rings is 1. The van der Waals surface area contributed by atoms with Crippen molar-refractivity contribution in [3.8, 4) is 0 Å². The predicted molar refractivity (Wildman–Crippen MR) is 163 cm³/mol. The first-order chi connectivity index (χ1) is 20.0. The number of amides is 2. The molecule has 1 heterocycles. The molecule has 0 radical (unpaired) electrons. The van der Waals surface area contributed by atoms with Gasteiger partial charge in [0.05, 0.1) is 0 Å². The minimum absolute atomic E-state index is 0.0670. The van der Waals surface area contributed by atoms with Gasteiger partial charge in [0, 0.05) is 43.9 Å². The highest BCUT2D eigenvalue weighted by Crippen LogP contribution is 2.24. The second-order valence-electron chi connectivity index (χ2n) is 12.3. The van der Waals surface area contributed by atoms with E-state index in [0.29, 0.717) is 17.5 Å². The number of rotatable bonds is 9. The SMILES string of the molecule is CCCN(CC1CCN(C(C)=O)CC1)C(C)Cc1cccc(NC(=O)c2ccc(C(C)(C)C)cc2)c1.O=C(O)C(F)(F)F. The summed E-state index contributed by atoms with van der Waals surface area (Å²) >= 11 is 0. The summed E-state index contributed by atoms with van der Waals surface area (Å²) < 4.78 is 31.7. The Balaban J connectivity index is 0.000000821. The molecule has 1 aliphatic heterocycles. The molecule has 1 atom stereocenters. The normalized spacial score (nSPS) is 15.0. The number of carbonyl (C=O) groups excluding carboxylic acids is 2. The molecule has 2 N–H and O–H groups in total. The van der Waals surface area contributed by atoms with Gasteiger partial charge in [-0.15, -0.1) is 0 Å². The molecule has 0 aliphatic carbocycles. The van der Waals surface area contributed by atoms with E-state index in [4.69, 9.17) is 9.90 Å². The molecule has 1 unspecified atom stereocenters. The van der Waals surface area contributed by atoms with Crippen LogP contribution in [0.25, 0.3) is 0 Å². The molecule has 3 rings (SSSR count). The number of anilines is 1. The van der Waals surface area contributed by atoms with E-state index in [2.05, 4.69) is 57.0 Å². The number of carbonyl (C=O) groups is 3. The van der Waals surface area contributed by atoms with Crippen molar-refractivity contribution in [3.63, 3.8) is 0 Å². The van der Waals surface area contributed by atoms with Gasteiger partial charge < -0.3 is 20.2 Å². The molecule has 2 amide bonds. The van der Waals surface area contributed by atoms with Crippen molar-refractivity contribution in [2.24, 2.45) is 5.92 Å². The molecule has 0 spiro atoms. The van der Waals surface area contributed by atoms with Crippen LogP contribution >= 0.6 is 0 Å². The summed E-state index contributed by atoms with van der Waals surface area (Å²) in [6, 6.07) is 16.6. The number of halogens is 3. The van der Waals surface area contributed by atoms with Gasteiger partial charge in [0.15, 0.2) is 0 Å². The number of nitrogens with zero attached hydrogens (tertiary/aromatic N) is 2. The lowest BCUT2D eigenvalue weighted by Gasteiger charge is -2.37. The van der Waals surface area contributed by atoms with E-state index in [9.17, 15) is 22.8 Å². The van der Waals surface area contributed by atoms with E-state index < -0.39 is 12.1 Å². The Hall–Kier alpha value is -3.40. The van der Waals surface area contributed by atoms with E-state index in [0.717, 1.165) is 57.5 Å². The van der Waals surface area contributed by atoms with Crippen molar-refractivity contribution in [3.05, 3.63) is 65.2 Å². The second kappa shape index (κ2) is 15.9. The van der Waals surface area contributed by atoms with Crippen molar-refractivity contribution >= 4 is 23.5 Å². The van der Waals surface area contributed by atoms with Gasteiger partial charge in [-0.25, -0.2) is 4.79 Å². The molecule has 10 heteroatoms. The summed E-state index contributed by atoms with van der Waals surface area (Å²) in [6.45, 7) is 16.7. The Morgan fingerprint density at radius 3 is 2.12 bits per heavy atom. The number of carboxylic acids is 1. The van der Waals surface area contributed by atoms with Crippen LogP contribution in [0.2, 0.25) is 0 Å². The molecule has 1 aliphatic rings. The molecule has 1 fully saturated rings. The lowest BCUT2D eigenvalue weighted by molar-refractivity contribution is -0.192. The van der Waals surface area contributed by atoms with Gasteiger partial charge in [0.2, 0.25) is 5.91 Å². The quantitative estimate of drug-likeness (QED) is 0.329. The Kier molecular flexibility index (Phi) is 13.2. The van der Waals surface area contributed by atoms with E-state index in [1.165, 1.54) is 11.1 Å². The molecule has 43 heavy (non-hydrogen) atoms. The van der Waals surface area contributed by atoms with Crippen LogP contribution in [0.3, 0.4) is 0 Å². The topological polar surface area (TPSA) is 90.0 Å². The van der Waals surface area contributed by atoms with Crippen LogP contribution < -0.4 is 5.32 Å². The van der Waals surface area contributed by atoms with Gasteiger partial charge in [0.1, 0.15) is 0 Å². The number of alkyl halides is 3. The smallest absolute Gasteiger partial charge is 0.475 e. The molecular weight excluding hydrogens is 559 g/mol. The maximum absolute atomic E-state index is 12.8. The molecule has 1 saturated heterocycles. The molecular formula is C33H46F3N3O4. The average Bonchev–Trinajstić information content (AvgIpc) is 2.92. The largest absolute Gasteiger partial charge is 0.490 e. The van der Waals surface area contributed by atoms with Crippen LogP contribution in [0.15, 0.2) is 48.5 Å². The van der Waals surface area contributed by atoms with Gasteiger partial charge in [0.25, 0.3) is 5.91 Å². The minimum atomic E-state index is -5.08. The van der Waals surface area contributed by atoms with E-state index in [1.807, 2.05) is 41.3 Å². The Morgan fingerprint density at radius 1 is 1.05 bits per heavy atom. The molecule has 0 bridgehead atoms. The molecule has 2 aromatic rings. The standard InChI is InChI=1S/C31H45N3O2.C2HF3O2/c1-7-17-34(22-25-15-18-33(19-16-25)24(3)35)23(2)20-26-9-8-10-29(21-26)32-30(36)27-11-13-28(14-12-27)31(4,5)6;3-2(4,5)1(6)7/h8-14,21,23,25H,7,15-20,22H2,1-6H3,(H,32,36);(H,6,7). The summed E-state index contributed by atoms with van der Waals surface area (Å²) in [5, 5.41) is 10.2. The third kappa shape index (κ3) is 12.0. The molecule has 7 nitrogen and oxygen atoms in total. The fourth-order valence-corrected chi connectivity index (χ4v) is 5.11. The Bertz CT molecular complexity index is 1200. The van der Waals surface area contributed by atoms with Crippen LogP contribution in [0.4, 0.5) is 18.9 Å². The highest BCUT2D eigenvalue weighted by Gasteiger charge is 2.38. The van der Waals surface area contributed by atoms with Crippen LogP contribution in [-0.4, -0.2) is 71.1 Å². The molecule has 0 saturated carbocycles. The lowest BCUT2D eigenvalue weighted by Crippen LogP contribution is -2.43. The van der Waals surface area contributed by atoms with Crippen LogP contribution in [0.5, 0.6) is 0 Å². The zero-order chi connectivity index (χ0) is 32.4. The van der Waals surface area contributed by atoms with Crippen molar-refractivity contribution in [1.29, 1.82) is 0 Å². The number of aliphatic carboxylic acids is 1. The Morgan fingerprint density at radius 2 is 1.63 bits per heavy atom. The zero-order valence-corrected chi connectivity index (χ0v) is 26.1. The summed E-state index contributed by atoms with van der Waals surface area (Å²) in [5.41, 5.74) is 4.03. The fraction of sp³-hybridized carbons (Fsp3) is 0.545. The van der Waals surface area contributed by atoms with E-state index >= 15 is 0 Å². The van der Waals surface area contributed by atoms with Crippen molar-refractivity contribution in [1.82, 2.24) is 9.80 Å². The van der Waals surface area contributed by atoms with Crippen molar-refractivity contribution in [2.45, 2.75) is 84.9 Å². The molecule has 238 valence electrons. The fourth-order valence-electron chi connectivity index (χ4n) is 5.11. The lowest BCUT2D eigenvalue weighted by atomic mass is 9.87. The first-order valence-corrected chi connectivity index (χ1v) is 14.8. The number of hydrogen-bond acceptors (Lipinski definition) is 4. The summed E-state index contributed by atoms with van der Waals surface area (Å²) in [6.07, 6.45) is -0.841. The average molecular weight is 606 g/mol. The van der Waals surface area contributed by atoms with E-state index in [-0.39, 0.29) is 17.2 Å². The maximum Gasteiger partial charge on any atom is 0.490 e. The summed E-state index contributed by atoms with van der Waals surface area (Å²) in [4.78, 5) is 38.0. The van der Waals surface area contributed by atoms with Crippen LogP contribution in [0.1, 0.15) is 82.3 Å². The molecule has 2 aromatic carbocycles. The first-order valence-electron chi connectivity index (χ1n) is 14.8. The van der Waals surface area contributed by atoms with Gasteiger partial charge in [-0.1, -0.05) is 52.0 Å².